The zero-order chi connectivity index (χ0) is 16.8. The van der Waals surface area contributed by atoms with Gasteiger partial charge < -0.3 is 5.32 Å². The van der Waals surface area contributed by atoms with E-state index in [2.05, 4.69) is 5.32 Å². The quantitative estimate of drug-likeness (QED) is 0.479. The molecule has 7 heteroatoms. The highest BCUT2D eigenvalue weighted by Gasteiger charge is 2.14. The molecule has 0 fully saturated rings. The number of nitrogens with one attached hydrogen (secondary N) is 1. The van der Waals surface area contributed by atoms with E-state index in [0.717, 1.165) is 18.4 Å². The molecular weight excluding hydrogens is 339 g/mol. The van der Waals surface area contributed by atoms with Gasteiger partial charge in [0.2, 0.25) is 0 Å². The van der Waals surface area contributed by atoms with Crippen LogP contribution in [0.3, 0.4) is 0 Å². The minimum Gasteiger partial charge on any atom is -0.352 e. The minimum absolute atomic E-state index is 0.0582. The first-order valence-corrected chi connectivity index (χ1v) is 7.70. The Morgan fingerprint density at radius 2 is 1.87 bits per heavy atom. The fourth-order valence-corrected chi connectivity index (χ4v) is 2.57. The lowest BCUT2D eigenvalue weighted by molar-refractivity contribution is -0.384. The van der Waals surface area contributed by atoms with Crippen molar-refractivity contribution in [2.45, 2.75) is 12.8 Å². The summed E-state index contributed by atoms with van der Waals surface area (Å²) in [5.74, 6) is -0.357. The lowest BCUT2D eigenvalue weighted by Crippen LogP contribution is -2.25. The molecule has 2 rings (SSSR count). The number of hydrogen-bond acceptors (Lipinski definition) is 3. The average Bonchev–Trinajstić information content (AvgIpc) is 2.52. The zero-order valence-corrected chi connectivity index (χ0v) is 13.6. The van der Waals surface area contributed by atoms with Crippen molar-refractivity contribution in [3.8, 4) is 0 Å². The number of nitro groups is 1. The Kier molecular flexibility index (Phi) is 5.96. The molecule has 1 N–H and O–H groups in total. The van der Waals surface area contributed by atoms with Crippen LogP contribution in [0.1, 0.15) is 22.3 Å². The molecular formula is C16H14Cl2N2O3. The molecule has 120 valence electrons. The first kappa shape index (κ1) is 17.2. The zero-order valence-electron chi connectivity index (χ0n) is 12.1. The molecule has 0 saturated carbocycles. The molecule has 0 saturated heterocycles. The predicted octanol–water partition coefficient (Wildman–Crippen LogP) is 4.26. The van der Waals surface area contributed by atoms with Crippen molar-refractivity contribution in [2.24, 2.45) is 0 Å². The third-order valence-corrected chi connectivity index (χ3v) is 3.96. The molecule has 0 aromatic heterocycles. The Bertz CT molecular complexity index is 735. The monoisotopic (exact) mass is 352 g/mol. The van der Waals surface area contributed by atoms with Gasteiger partial charge in [-0.15, -0.1) is 0 Å². The van der Waals surface area contributed by atoms with Crippen LogP contribution < -0.4 is 5.32 Å². The molecule has 0 aliphatic carbocycles. The standard InChI is InChI=1S/C16H14Cl2N2O3/c17-14-6-2-1-4-11(14)5-3-9-19-16(21)13-8-7-12(20(22)23)10-15(13)18/h1-2,4,6-8,10H,3,5,9H2,(H,19,21). The molecule has 0 aliphatic rings. The molecule has 0 unspecified atom stereocenters. The Hall–Kier alpha value is -2.11. The Labute approximate surface area is 143 Å². The summed E-state index contributed by atoms with van der Waals surface area (Å²) in [6.07, 6.45) is 1.47. The van der Waals surface area contributed by atoms with E-state index < -0.39 is 4.92 Å². The first-order chi connectivity index (χ1) is 11.0. The smallest absolute Gasteiger partial charge is 0.270 e. The minimum atomic E-state index is -0.558. The third-order valence-electron chi connectivity index (χ3n) is 3.27. The van der Waals surface area contributed by atoms with Gasteiger partial charge in [-0.3, -0.25) is 14.9 Å². The maximum Gasteiger partial charge on any atom is 0.270 e. The number of rotatable bonds is 6. The number of nitrogens with zero attached hydrogens (tertiary/aromatic N) is 1. The van der Waals surface area contributed by atoms with E-state index >= 15 is 0 Å². The van der Waals surface area contributed by atoms with E-state index in [0.29, 0.717) is 11.6 Å². The van der Waals surface area contributed by atoms with Gasteiger partial charge in [-0.25, -0.2) is 0 Å². The number of non-ortho nitro benzene ring substituents is 1. The number of aryl methyl sites for hydroxylation is 1. The number of carbonyl (C=O) groups excluding carboxylic acids is 1. The fourth-order valence-electron chi connectivity index (χ4n) is 2.08. The maximum atomic E-state index is 12.0. The van der Waals surface area contributed by atoms with Crippen molar-refractivity contribution < 1.29 is 9.72 Å². The third kappa shape index (κ3) is 4.68. The maximum absolute atomic E-state index is 12.0. The highest BCUT2D eigenvalue weighted by Crippen LogP contribution is 2.22. The Balaban J connectivity index is 1.88. The summed E-state index contributed by atoms with van der Waals surface area (Å²) in [7, 11) is 0. The fraction of sp³-hybridized carbons (Fsp3) is 0.188. The van der Waals surface area contributed by atoms with Crippen molar-refractivity contribution in [1.82, 2.24) is 5.32 Å². The number of halogens is 2. The highest BCUT2D eigenvalue weighted by molar-refractivity contribution is 6.34. The molecule has 1 amide bonds. The Morgan fingerprint density at radius 3 is 2.52 bits per heavy atom. The van der Waals surface area contributed by atoms with Crippen LogP contribution in [0.5, 0.6) is 0 Å². The van der Waals surface area contributed by atoms with Gasteiger partial charge in [0.1, 0.15) is 0 Å². The van der Waals surface area contributed by atoms with Crippen LogP contribution in [0.25, 0.3) is 0 Å². The van der Waals surface area contributed by atoms with Gasteiger partial charge in [0.25, 0.3) is 11.6 Å². The van der Waals surface area contributed by atoms with Gasteiger partial charge in [-0.2, -0.15) is 0 Å². The van der Waals surface area contributed by atoms with E-state index in [9.17, 15) is 14.9 Å². The van der Waals surface area contributed by atoms with Gasteiger partial charge in [0.05, 0.1) is 15.5 Å². The van der Waals surface area contributed by atoms with Gasteiger partial charge in [0, 0.05) is 23.7 Å². The molecule has 0 bridgehead atoms. The lowest BCUT2D eigenvalue weighted by atomic mass is 10.1. The van der Waals surface area contributed by atoms with E-state index in [1.54, 1.807) is 0 Å². The summed E-state index contributed by atoms with van der Waals surface area (Å²) >= 11 is 12.0. The molecule has 2 aromatic carbocycles. The predicted molar refractivity (Wildman–Crippen MR) is 90.2 cm³/mol. The summed E-state index contributed by atoms with van der Waals surface area (Å²) in [5.41, 5.74) is 1.09. The lowest BCUT2D eigenvalue weighted by Gasteiger charge is -2.07. The summed E-state index contributed by atoms with van der Waals surface area (Å²) in [4.78, 5) is 22.1. The van der Waals surface area contributed by atoms with E-state index in [-0.39, 0.29) is 22.2 Å². The largest absolute Gasteiger partial charge is 0.352 e. The molecule has 0 aliphatic heterocycles. The van der Waals surface area contributed by atoms with Crippen LogP contribution in [-0.2, 0) is 6.42 Å². The van der Waals surface area contributed by atoms with Gasteiger partial charge in [0.15, 0.2) is 0 Å². The van der Waals surface area contributed by atoms with Crippen LogP contribution >= 0.6 is 23.2 Å². The van der Waals surface area contributed by atoms with Gasteiger partial charge >= 0.3 is 0 Å². The number of amides is 1. The van der Waals surface area contributed by atoms with Crippen molar-refractivity contribution in [3.05, 3.63) is 73.8 Å². The summed E-state index contributed by atoms with van der Waals surface area (Å²) in [6, 6.07) is 11.3. The van der Waals surface area contributed by atoms with Crippen molar-refractivity contribution in [3.63, 3.8) is 0 Å². The second kappa shape index (κ2) is 7.94. The molecule has 2 aromatic rings. The van der Waals surface area contributed by atoms with Crippen LogP contribution in [0.4, 0.5) is 5.69 Å². The molecule has 0 atom stereocenters. The second-order valence-electron chi connectivity index (χ2n) is 4.87. The van der Waals surface area contributed by atoms with Crippen LogP contribution in [0.2, 0.25) is 10.0 Å². The van der Waals surface area contributed by atoms with E-state index in [4.69, 9.17) is 23.2 Å². The molecule has 0 radical (unpaired) electrons. The molecule has 0 heterocycles. The SMILES string of the molecule is O=C(NCCCc1ccccc1Cl)c1ccc([N+](=O)[O-])cc1Cl. The molecule has 23 heavy (non-hydrogen) atoms. The van der Waals surface area contributed by atoms with Gasteiger partial charge in [-0.1, -0.05) is 41.4 Å². The van der Waals surface area contributed by atoms with Gasteiger partial charge in [-0.05, 0) is 30.5 Å². The Morgan fingerprint density at radius 1 is 1.13 bits per heavy atom. The first-order valence-electron chi connectivity index (χ1n) is 6.94. The van der Waals surface area contributed by atoms with Crippen molar-refractivity contribution in [1.29, 1.82) is 0 Å². The molecule has 5 nitrogen and oxygen atoms in total. The number of hydrogen-bond donors (Lipinski definition) is 1. The number of carbonyl (C=O) groups is 1. The highest BCUT2D eigenvalue weighted by atomic mass is 35.5. The number of benzene rings is 2. The topological polar surface area (TPSA) is 72.2 Å². The van der Waals surface area contributed by atoms with Crippen LogP contribution in [-0.4, -0.2) is 17.4 Å². The van der Waals surface area contributed by atoms with E-state index in [1.807, 2.05) is 24.3 Å². The summed E-state index contributed by atoms with van der Waals surface area (Å²) in [5, 5.41) is 14.1. The normalized spacial score (nSPS) is 10.3. The van der Waals surface area contributed by atoms with Crippen molar-refractivity contribution in [2.75, 3.05) is 6.54 Å². The van der Waals surface area contributed by atoms with Crippen LogP contribution in [0.15, 0.2) is 42.5 Å². The average molecular weight is 353 g/mol. The second-order valence-corrected chi connectivity index (χ2v) is 5.69. The van der Waals surface area contributed by atoms with Crippen molar-refractivity contribution >= 4 is 34.8 Å². The molecule has 0 spiro atoms. The summed E-state index contributed by atoms with van der Waals surface area (Å²) < 4.78 is 0. The number of nitro benzene ring substituents is 1. The van der Waals surface area contributed by atoms with Crippen LogP contribution in [0, 0.1) is 10.1 Å². The van der Waals surface area contributed by atoms with E-state index in [1.165, 1.54) is 18.2 Å². The summed E-state index contributed by atoms with van der Waals surface area (Å²) in [6.45, 7) is 0.456.